The molecule has 0 bridgehead atoms. The van der Waals surface area contributed by atoms with Crippen molar-refractivity contribution in [3.05, 3.63) is 29.7 Å². The van der Waals surface area contributed by atoms with E-state index >= 15 is 0 Å². The van der Waals surface area contributed by atoms with E-state index in [-0.39, 0.29) is 24.5 Å². The summed E-state index contributed by atoms with van der Waals surface area (Å²) in [7, 11) is 0. The van der Waals surface area contributed by atoms with Crippen LogP contribution in [0.5, 0.6) is 0 Å². The summed E-state index contributed by atoms with van der Waals surface area (Å²) in [6.45, 7) is 1.94. The molecule has 22 heavy (non-hydrogen) atoms. The smallest absolute Gasteiger partial charge is 0.257 e. The SMILES string of the molecule is Cc1nn2cccnc2c1C(=O)NC1CCCCCC1CO. The van der Waals surface area contributed by atoms with Crippen LogP contribution in [0.4, 0.5) is 0 Å². The van der Waals surface area contributed by atoms with E-state index in [0.29, 0.717) is 16.9 Å². The lowest BCUT2D eigenvalue weighted by atomic mass is 9.95. The third kappa shape index (κ3) is 2.83. The molecule has 6 heteroatoms. The van der Waals surface area contributed by atoms with E-state index < -0.39 is 0 Å². The topological polar surface area (TPSA) is 79.5 Å². The van der Waals surface area contributed by atoms with Gasteiger partial charge in [0.2, 0.25) is 0 Å². The molecule has 3 rings (SSSR count). The average Bonchev–Trinajstić information content (AvgIpc) is 2.69. The number of hydrogen-bond donors (Lipinski definition) is 2. The zero-order chi connectivity index (χ0) is 15.5. The van der Waals surface area contributed by atoms with E-state index in [2.05, 4.69) is 15.4 Å². The number of hydrogen-bond acceptors (Lipinski definition) is 4. The van der Waals surface area contributed by atoms with Crippen molar-refractivity contribution in [1.29, 1.82) is 0 Å². The summed E-state index contributed by atoms with van der Waals surface area (Å²) in [6.07, 6.45) is 8.71. The number of aliphatic hydroxyl groups is 1. The third-order valence-electron chi connectivity index (χ3n) is 4.51. The molecule has 1 fully saturated rings. The van der Waals surface area contributed by atoms with E-state index in [4.69, 9.17) is 0 Å². The number of nitrogens with zero attached hydrogens (tertiary/aromatic N) is 3. The summed E-state index contributed by atoms with van der Waals surface area (Å²) >= 11 is 0. The van der Waals surface area contributed by atoms with Crippen LogP contribution in [0, 0.1) is 12.8 Å². The normalized spacial score (nSPS) is 22.5. The molecule has 1 saturated carbocycles. The van der Waals surface area contributed by atoms with Crippen LogP contribution in [-0.2, 0) is 0 Å². The van der Waals surface area contributed by atoms with Crippen molar-refractivity contribution in [2.75, 3.05) is 6.61 Å². The summed E-state index contributed by atoms with van der Waals surface area (Å²) in [5.41, 5.74) is 1.78. The van der Waals surface area contributed by atoms with Crippen LogP contribution in [0.25, 0.3) is 5.65 Å². The van der Waals surface area contributed by atoms with Crippen LogP contribution in [0.1, 0.15) is 48.2 Å². The number of carbonyl (C=O) groups is 1. The third-order valence-corrected chi connectivity index (χ3v) is 4.51. The Balaban J connectivity index is 1.84. The van der Waals surface area contributed by atoms with Gasteiger partial charge in [0, 0.05) is 31.0 Å². The largest absolute Gasteiger partial charge is 0.396 e. The van der Waals surface area contributed by atoms with Crippen molar-refractivity contribution in [2.24, 2.45) is 5.92 Å². The molecular weight excluding hydrogens is 280 g/mol. The fourth-order valence-corrected chi connectivity index (χ4v) is 3.30. The highest BCUT2D eigenvalue weighted by Gasteiger charge is 2.27. The maximum Gasteiger partial charge on any atom is 0.257 e. The summed E-state index contributed by atoms with van der Waals surface area (Å²) in [5.74, 6) is -0.00176. The number of rotatable bonds is 3. The molecule has 6 nitrogen and oxygen atoms in total. The summed E-state index contributed by atoms with van der Waals surface area (Å²) < 4.78 is 1.63. The van der Waals surface area contributed by atoms with E-state index in [9.17, 15) is 9.90 Å². The second-order valence-corrected chi connectivity index (χ2v) is 6.01. The molecule has 2 aromatic rings. The highest BCUT2D eigenvalue weighted by molar-refractivity contribution is 6.01. The molecule has 2 N–H and O–H groups in total. The van der Waals surface area contributed by atoms with Crippen molar-refractivity contribution in [2.45, 2.75) is 45.1 Å². The van der Waals surface area contributed by atoms with Gasteiger partial charge in [-0.2, -0.15) is 5.10 Å². The molecule has 0 aliphatic heterocycles. The molecule has 2 atom stereocenters. The Hall–Kier alpha value is -1.95. The minimum Gasteiger partial charge on any atom is -0.396 e. The monoisotopic (exact) mass is 302 g/mol. The zero-order valence-corrected chi connectivity index (χ0v) is 12.8. The van der Waals surface area contributed by atoms with Gasteiger partial charge in [-0.1, -0.05) is 19.3 Å². The zero-order valence-electron chi connectivity index (χ0n) is 12.8. The minimum atomic E-state index is -0.142. The second-order valence-electron chi connectivity index (χ2n) is 6.01. The Morgan fingerprint density at radius 3 is 3.05 bits per heavy atom. The Labute approximate surface area is 129 Å². The van der Waals surface area contributed by atoms with Crippen LogP contribution < -0.4 is 5.32 Å². The summed E-state index contributed by atoms with van der Waals surface area (Å²) in [5, 5.41) is 17.0. The first kappa shape index (κ1) is 15.0. The van der Waals surface area contributed by atoms with Gasteiger partial charge in [0.25, 0.3) is 5.91 Å². The van der Waals surface area contributed by atoms with Gasteiger partial charge in [0.1, 0.15) is 5.56 Å². The van der Waals surface area contributed by atoms with Crippen molar-refractivity contribution in [1.82, 2.24) is 19.9 Å². The Bertz CT molecular complexity index is 667. The molecule has 1 aliphatic rings. The molecule has 2 heterocycles. The van der Waals surface area contributed by atoms with Gasteiger partial charge in [-0.3, -0.25) is 4.79 Å². The standard InChI is InChI=1S/C16H22N4O2/c1-11-14(15-17-8-5-9-20(15)19-11)16(22)18-13-7-4-2-3-6-12(13)10-21/h5,8-9,12-13,21H,2-4,6-7,10H2,1H3,(H,18,22). The molecule has 1 aliphatic carbocycles. The van der Waals surface area contributed by atoms with Gasteiger partial charge in [0.05, 0.1) is 5.69 Å². The number of aryl methyl sites for hydroxylation is 1. The molecule has 1 amide bonds. The minimum absolute atomic E-state index is 0.0260. The van der Waals surface area contributed by atoms with Gasteiger partial charge in [0.15, 0.2) is 5.65 Å². The van der Waals surface area contributed by atoms with E-state index in [1.807, 2.05) is 6.92 Å². The van der Waals surface area contributed by atoms with Crippen LogP contribution in [0.2, 0.25) is 0 Å². The second kappa shape index (κ2) is 6.44. The number of aromatic nitrogens is 3. The van der Waals surface area contributed by atoms with Crippen molar-refractivity contribution in [3.63, 3.8) is 0 Å². The number of amides is 1. The highest BCUT2D eigenvalue weighted by Crippen LogP contribution is 2.24. The van der Waals surface area contributed by atoms with Crippen LogP contribution in [0.3, 0.4) is 0 Å². The van der Waals surface area contributed by atoms with E-state index in [1.165, 1.54) is 6.42 Å². The van der Waals surface area contributed by atoms with Gasteiger partial charge in [-0.25, -0.2) is 9.50 Å². The van der Waals surface area contributed by atoms with Gasteiger partial charge in [-0.05, 0) is 25.8 Å². The fourth-order valence-electron chi connectivity index (χ4n) is 3.30. The lowest BCUT2D eigenvalue weighted by molar-refractivity contribution is 0.0900. The Kier molecular flexibility index (Phi) is 4.38. The van der Waals surface area contributed by atoms with E-state index in [1.54, 1.807) is 23.0 Å². The number of fused-ring (bicyclic) bond motifs is 1. The quantitative estimate of drug-likeness (QED) is 0.846. The van der Waals surface area contributed by atoms with Gasteiger partial charge < -0.3 is 10.4 Å². The molecule has 2 unspecified atom stereocenters. The van der Waals surface area contributed by atoms with Crippen molar-refractivity contribution >= 4 is 11.6 Å². The Morgan fingerprint density at radius 2 is 2.23 bits per heavy atom. The predicted molar refractivity (Wildman–Crippen MR) is 82.6 cm³/mol. The molecular formula is C16H22N4O2. The van der Waals surface area contributed by atoms with Gasteiger partial charge >= 0.3 is 0 Å². The predicted octanol–water partition coefficient (Wildman–Crippen LogP) is 1.71. The van der Waals surface area contributed by atoms with Crippen LogP contribution in [-0.4, -0.2) is 38.3 Å². The molecule has 2 aromatic heterocycles. The number of carbonyl (C=O) groups excluding carboxylic acids is 1. The summed E-state index contributed by atoms with van der Waals surface area (Å²) in [6, 6.07) is 1.81. The Morgan fingerprint density at radius 1 is 1.41 bits per heavy atom. The summed E-state index contributed by atoms with van der Waals surface area (Å²) in [4.78, 5) is 17.0. The number of aliphatic hydroxyl groups excluding tert-OH is 1. The van der Waals surface area contributed by atoms with Crippen molar-refractivity contribution in [3.8, 4) is 0 Å². The first-order valence-corrected chi connectivity index (χ1v) is 7.92. The molecule has 0 spiro atoms. The maximum absolute atomic E-state index is 12.7. The molecule has 0 aromatic carbocycles. The van der Waals surface area contributed by atoms with Gasteiger partial charge in [-0.15, -0.1) is 0 Å². The van der Waals surface area contributed by atoms with Crippen LogP contribution >= 0.6 is 0 Å². The first-order valence-electron chi connectivity index (χ1n) is 7.92. The first-order chi connectivity index (χ1) is 10.7. The highest BCUT2D eigenvalue weighted by atomic mass is 16.3. The maximum atomic E-state index is 12.7. The lowest BCUT2D eigenvalue weighted by Gasteiger charge is -2.24. The molecule has 118 valence electrons. The van der Waals surface area contributed by atoms with Crippen LogP contribution in [0.15, 0.2) is 18.5 Å². The molecule has 0 saturated heterocycles. The van der Waals surface area contributed by atoms with Crippen molar-refractivity contribution < 1.29 is 9.90 Å². The fraction of sp³-hybridized carbons (Fsp3) is 0.562. The lowest BCUT2D eigenvalue weighted by Crippen LogP contribution is -2.41. The van der Waals surface area contributed by atoms with E-state index in [0.717, 1.165) is 25.7 Å². The average molecular weight is 302 g/mol. The number of nitrogens with one attached hydrogen (secondary N) is 1. The molecule has 0 radical (unpaired) electrons.